The summed E-state index contributed by atoms with van der Waals surface area (Å²) in [4.78, 5) is 11.6. The number of hydrazine groups is 1. The van der Waals surface area contributed by atoms with E-state index in [1.54, 1.807) is 24.3 Å². The average molecular weight is 308 g/mol. The van der Waals surface area contributed by atoms with E-state index in [4.69, 9.17) is 9.47 Å². The quantitative estimate of drug-likeness (QED) is 0.791. The molecule has 0 radical (unpaired) electrons. The topological polar surface area (TPSA) is 71.0 Å². The van der Waals surface area contributed by atoms with Crippen LogP contribution in [0.3, 0.4) is 0 Å². The molecule has 0 spiro atoms. The van der Waals surface area contributed by atoms with E-state index in [2.05, 4.69) is 12.3 Å². The minimum Gasteiger partial charge on any atom is -0.508 e. The SMILES string of the molecule is CCCCOC(=O)NN1CCC(Oc2ccc(O)cc2)CC1. The summed E-state index contributed by atoms with van der Waals surface area (Å²) in [7, 11) is 0. The van der Waals surface area contributed by atoms with Crippen LogP contribution < -0.4 is 10.2 Å². The number of phenols is 1. The van der Waals surface area contributed by atoms with E-state index >= 15 is 0 Å². The normalized spacial score (nSPS) is 16.2. The standard InChI is InChI=1S/C16H24N2O4/c1-2-3-12-21-16(20)17-18-10-8-15(9-11-18)22-14-6-4-13(19)5-7-14/h4-7,15,19H,2-3,8-12H2,1H3,(H,17,20). The summed E-state index contributed by atoms with van der Waals surface area (Å²) < 4.78 is 10.9. The molecule has 1 aliphatic rings. The Morgan fingerprint density at radius 1 is 1.32 bits per heavy atom. The molecule has 0 aliphatic carbocycles. The Hall–Kier alpha value is -1.95. The predicted octanol–water partition coefficient (Wildman–Crippen LogP) is 2.68. The number of hydrogen-bond donors (Lipinski definition) is 2. The second-order valence-electron chi connectivity index (χ2n) is 5.40. The monoisotopic (exact) mass is 308 g/mol. The maximum absolute atomic E-state index is 11.6. The van der Waals surface area contributed by atoms with Crippen molar-refractivity contribution in [3.8, 4) is 11.5 Å². The van der Waals surface area contributed by atoms with E-state index in [0.717, 1.165) is 44.5 Å². The Morgan fingerprint density at radius 3 is 2.64 bits per heavy atom. The fourth-order valence-electron chi connectivity index (χ4n) is 2.27. The van der Waals surface area contributed by atoms with Crippen LogP contribution in [0.15, 0.2) is 24.3 Å². The minimum atomic E-state index is -0.383. The number of benzene rings is 1. The van der Waals surface area contributed by atoms with Crippen LogP contribution in [0.25, 0.3) is 0 Å². The van der Waals surface area contributed by atoms with E-state index in [1.165, 1.54) is 0 Å². The van der Waals surface area contributed by atoms with Crippen LogP contribution in [0.5, 0.6) is 11.5 Å². The number of rotatable bonds is 6. The summed E-state index contributed by atoms with van der Waals surface area (Å²) in [5.74, 6) is 0.983. The first kappa shape index (κ1) is 16.4. The Bertz CT molecular complexity index is 456. The van der Waals surface area contributed by atoms with Crippen LogP contribution in [0.1, 0.15) is 32.6 Å². The van der Waals surface area contributed by atoms with Gasteiger partial charge in [0.25, 0.3) is 0 Å². The first-order valence-electron chi connectivity index (χ1n) is 7.81. The van der Waals surface area contributed by atoms with Crippen LogP contribution in [0, 0.1) is 0 Å². The van der Waals surface area contributed by atoms with Gasteiger partial charge in [-0.05, 0) is 43.5 Å². The number of hydrogen-bond acceptors (Lipinski definition) is 5. The molecule has 6 heteroatoms. The Morgan fingerprint density at radius 2 is 2.00 bits per heavy atom. The molecule has 0 saturated carbocycles. The van der Waals surface area contributed by atoms with Gasteiger partial charge < -0.3 is 14.6 Å². The van der Waals surface area contributed by atoms with Gasteiger partial charge in [0.05, 0.1) is 6.61 Å². The fourth-order valence-corrected chi connectivity index (χ4v) is 2.27. The molecular weight excluding hydrogens is 284 g/mol. The second kappa shape index (κ2) is 8.48. The number of piperidine rings is 1. The summed E-state index contributed by atoms with van der Waals surface area (Å²) in [5, 5.41) is 11.1. The summed E-state index contributed by atoms with van der Waals surface area (Å²) in [5.41, 5.74) is 2.75. The van der Waals surface area contributed by atoms with Crippen LogP contribution in [0.4, 0.5) is 4.79 Å². The third kappa shape index (κ3) is 5.44. The van der Waals surface area contributed by atoms with Crippen molar-refractivity contribution in [2.75, 3.05) is 19.7 Å². The molecular formula is C16H24N2O4. The third-order valence-electron chi connectivity index (χ3n) is 3.56. The van der Waals surface area contributed by atoms with Crippen molar-refractivity contribution in [2.45, 2.75) is 38.7 Å². The summed E-state index contributed by atoms with van der Waals surface area (Å²) in [6.07, 6.45) is 3.29. The number of phenolic OH excluding ortho intramolecular Hbond substituents is 1. The second-order valence-corrected chi connectivity index (χ2v) is 5.40. The molecule has 1 saturated heterocycles. The molecule has 1 heterocycles. The number of aromatic hydroxyl groups is 1. The number of nitrogens with one attached hydrogen (secondary N) is 1. The molecule has 0 aromatic heterocycles. The van der Waals surface area contributed by atoms with E-state index in [9.17, 15) is 9.90 Å². The molecule has 1 fully saturated rings. The Kier molecular flexibility index (Phi) is 6.33. The van der Waals surface area contributed by atoms with Gasteiger partial charge in [-0.15, -0.1) is 0 Å². The van der Waals surface area contributed by atoms with Crippen molar-refractivity contribution in [1.29, 1.82) is 0 Å². The van der Waals surface area contributed by atoms with Gasteiger partial charge >= 0.3 is 6.09 Å². The summed E-state index contributed by atoms with van der Waals surface area (Å²) >= 11 is 0. The average Bonchev–Trinajstić information content (AvgIpc) is 2.52. The molecule has 2 N–H and O–H groups in total. The number of ether oxygens (including phenoxy) is 2. The van der Waals surface area contributed by atoms with E-state index < -0.39 is 0 Å². The smallest absolute Gasteiger partial charge is 0.421 e. The lowest BCUT2D eigenvalue weighted by atomic mass is 10.1. The molecule has 0 atom stereocenters. The highest BCUT2D eigenvalue weighted by Gasteiger charge is 2.22. The van der Waals surface area contributed by atoms with Crippen molar-refractivity contribution in [3.05, 3.63) is 24.3 Å². The van der Waals surface area contributed by atoms with Gasteiger partial charge in [0.1, 0.15) is 17.6 Å². The van der Waals surface area contributed by atoms with Gasteiger partial charge in [-0.3, -0.25) is 5.43 Å². The van der Waals surface area contributed by atoms with Crippen LogP contribution >= 0.6 is 0 Å². The lowest BCUT2D eigenvalue weighted by molar-refractivity contribution is 0.0574. The van der Waals surface area contributed by atoms with Gasteiger partial charge in [-0.2, -0.15) is 0 Å². The molecule has 0 bridgehead atoms. The van der Waals surface area contributed by atoms with Crippen molar-refractivity contribution >= 4 is 6.09 Å². The number of unbranched alkanes of at least 4 members (excludes halogenated alkanes) is 1. The molecule has 1 aliphatic heterocycles. The van der Waals surface area contributed by atoms with Crippen molar-refractivity contribution < 1.29 is 19.4 Å². The molecule has 22 heavy (non-hydrogen) atoms. The van der Waals surface area contributed by atoms with Gasteiger partial charge in [0.15, 0.2) is 0 Å². The molecule has 6 nitrogen and oxygen atoms in total. The van der Waals surface area contributed by atoms with Crippen molar-refractivity contribution in [3.63, 3.8) is 0 Å². The maximum Gasteiger partial charge on any atom is 0.421 e. The number of carbonyl (C=O) groups is 1. The number of nitrogens with zero attached hydrogens (tertiary/aromatic N) is 1. The largest absolute Gasteiger partial charge is 0.508 e. The third-order valence-corrected chi connectivity index (χ3v) is 3.56. The van der Waals surface area contributed by atoms with Gasteiger partial charge in [0.2, 0.25) is 0 Å². The van der Waals surface area contributed by atoms with Crippen LogP contribution in [-0.2, 0) is 4.74 Å². The highest BCUT2D eigenvalue weighted by Crippen LogP contribution is 2.20. The molecule has 2 rings (SSSR count). The maximum atomic E-state index is 11.6. The predicted molar refractivity (Wildman–Crippen MR) is 82.7 cm³/mol. The van der Waals surface area contributed by atoms with Crippen molar-refractivity contribution in [1.82, 2.24) is 10.4 Å². The highest BCUT2D eigenvalue weighted by atomic mass is 16.6. The minimum absolute atomic E-state index is 0.124. The first-order chi connectivity index (χ1) is 10.7. The van der Waals surface area contributed by atoms with Crippen LogP contribution in [0.2, 0.25) is 0 Å². The first-order valence-corrected chi connectivity index (χ1v) is 7.81. The van der Waals surface area contributed by atoms with E-state index in [-0.39, 0.29) is 17.9 Å². The molecule has 1 aromatic carbocycles. The van der Waals surface area contributed by atoms with E-state index in [0.29, 0.717) is 6.61 Å². The molecule has 1 amide bonds. The van der Waals surface area contributed by atoms with E-state index in [1.807, 2.05) is 5.01 Å². The zero-order chi connectivity index (χ0) is 15.8. The Balaban J connectivity index is 1.67. The molecule has 1 aromatic rings. The summed E-state index contributed by atoms with van der Waals surface area (Å²) in [6.45, 7) is 3.97. The Labute approximate surface area is 131 Å². The van der Waals surface area contributed by atoms with Crippen molar-refractivity contribution in [2.24, 2.45) is 0 Å². The zero-order valence-corrected chi connectivity index (χ0v) is 13.0. The van der Waals surface area contributed by atoms with Crippen LogP contribution in [-0.4, -0.2) is 42.0 Å². The van der Waals surface area contributed by atoms with Gasteiger partial charge in [-0.25, -0.2) is 9.80 Å². The zero-order valence-electron chi connectivity index (χ0n) is 13.0. The molecule has 122 valence electrons. The summed E-state index contributed by atoms with van der Waals surface area (Å²) in [6, 6.07) is 6.73. The van der Waals surface area contributed by atoms with Gasteiger partial charge in [0, 0.05) is 13.1 Å². The fraction of sp³-hybridized carbons (Fsp3) is 0.562. The lowest BCUT2D eigenvalue weighted by Gasteiger charge is -2.31. The van der Waals surface area contributed by atoms with Gasteiger partial charge in [-0.1, -0.05) is 13.3 Å². The highest BCUT2D eigenvalue weighted by molar-refractivity contribution is 5.66. The number of amides is 1. The molecule has 0 unspecified atom stereocenters. The number of carbonyl (C=O) groups excluding carboxylic acids is 1. The lowest BCUT2D eigenvalue weighted by Crippen LogP contribution is -2.48.